The van der Waals surface area contributed by atoms with Crippen LogP contribution in [0.15, 0.2) is 6.33 Å². The van der Waals surface area contributed by atoms with Gasteiger partial charge < -0.3 is 15.8 Å². The normalized spacial score (nSPS) is 16.3. The molecule has 5 heteroatoms. The Balaban J connectivity index is 1.97. The van der Waals surface area contributed by atoms with Gasteiger partial charge in [-0.05, 0) is 32.1 Å². The Hall–Kier alpha value is -1.52. The number of nitrogens with one attached hydrogen (secondary N) is 1. The average molecular weight is 264 g/mol. The van der Waals surface area contributed by atoms with Crippen LogP contribution in [0, 0.1) is 0 Å². The number of nitrogen functional groups attached to an aromatic ring is 1. The van der Waals surface area contributed by atoms with Crippen molar-refractivity contribution < 1.29 is 4.74 Å². The molecule has 3 N–H and O–H groups in total. The predicted octanol–water partition coefficient (Wildman–Crippen LogP) is 2.98. The van der Waals surface area contributed by atoms with Gasteiger partial charge in [0, 0.05) is 6.54 Å². The van der Waals surface area contributed by atoms with Crippen molar-refractivity contribution in [1.29, 1.82) is 0 Å². The van der Waals surface area contributed by atoms with E-state index in [4.69, 9.17) is 10.5 Å². The topological polar surface area (TPSA) is 73.1 Å². The molecule has 1 aromatic heterocycles. The molecule has 0 atom stereocenters. The van der Waals surface area contributed by atoms with E-state index in [2.05, 4.69) is 22.2 Å². The van der Waals surface area contributed by atoms with Crippen molar-refractivity contribution in [1.82, 2.24) is 9.97 Å². The van der Waals surface area contributed by atoms with Crippen LogP contribution in [0.25, 0.3) is 0 Å². The first-order chi connectivity index (χ1) is 9.31. The third-order valence-electron chi connectivity index (χ3n) is 3.50. The number of ether oxygens (including phenoxy) is 1. The van der Waals surface area contributed by atoms with Gasteiger partial charge in [0.05, 0.1) is 0 Å². The van der Waals surface area contributed by atoms with Gasteiger partial charge in [0.25, 0.3) is 0 Å². The van der Waals surface area contributed by atoms with E-state index in [0.717, 1.165) is 32.2 Å². The molecule has 1 aliphatic rings. The SMILES string of the molecule is CCCCNc1ncnc(OC2CCCCC2)c1N. The lowest BCUT2D eigenvalue weighted by Crippen LogP contribution is -2.21. The lowest BCUT2D eigenvalue weighted by Gasteiger charge is -2.23. The first-order valence-corrected chi connectivity index (χ1v) is 7.32. The summed E-state index contributed by atoms with van der Waals surface area (Å²) in [4.78, 5) is 8.34. The Bertz CT molecular complexity index is 391. The summed E-state index contributed by atoms with van der Waals surface area (Å²) in [6.45, 7) is 3.03. The number of hydrogen-bond acceptors (Lipinski definition) is 5. The second-order valence-electron chi connectivity index (χ2n) is 5.10. The molecule has 0 aromatic carbocycles. The number of rotatable bonds is 6. The van der Waals surface area contributed by atoms with Gasteiger partial charge in [-0.1, -0.05) is 19.8 Å². The van der Waals surface area contributed by atoms with Crippen LogP contribution in [0.1, 0.15) is 51.9 Å². The van der Waals surface area contributed by atoms with Crippen molar-refractivity contribution in [2.75, 3.05) is 17.6 Å². The Morgan fingerprint density at radius 3 is 2.84 bits per heavy atom. The van der Waals surface area contributed by atoms with Gasteiger partial charge in [0.1, 0.15) is 18.1 Å². The van der Waals surface area contributed by atoms with Crippen LogP contribution in [-0.2, 0) is 0 Å². The van der Waals surface area contributed by atoms with Gasteiger partial charge in [-0.2, -0.15) is 4.98 Å². The number of nitrogens with two attached hydrogens (primary N) is 1. The second kappa shape index (κ2) is 7.16. The summed E-state index contributed by atoms with van der Waals surface area (Å²) in [6.07, 6.45) is 9.99. The zero-order valence-electron chi connectivity index (χ0n) is 11.7. The molecule has 1 saturated carbocycles. The Kier molecular flexibility index (Phi) is 5.24. The van der Waals surface area contributed by atoms with Gasteiger partial charge in [-0.25, -0.2) is 4.98 Å². The molecule has 0 amide bonds. The molecular weight excluding hydrogens is 240 g/mol. The van der Waals surface area contributed by atoms with E-state index in [0.29, 0.717) is 17.4 Å². The third-order valence-corrected chi connectivity index (χ3v) is 3.50. The quantitative estimate of drug-likeness (QED) is 0.773. The highest BCUT2D eigenvalue weighted by molar-refractivity contribution is 5.66. The summed E-state index contributed by atoms with van der Waals surface area (Å²) < 4.78 is 5.92. The molecule has 106 valence electrons. The average Bonchev–Trinajstić information content (AvgIpc) is 2.44. The molecule has 1 heterocycles. The van der Waals surface area contributed by atoms with Crippen molar-refractivity contribution >= 4 is 11.5 Å². The number of unbranched alkanes of at least 4 members (excludes halogenated alkanes) is 1. The highest BCUT2D eigenvalue weighted by Crippen LogP contribution is 2.28. The lowest BCUT2D eigenvalue weighted by atomic mass is 9.98. The predicted molar refractivity (Wildman–Crippen MR) is 77.3 cm³/mol. The smallest absolute Gasteiger partial charge is 0.242 e. The first kappa shape index (κ1) is 13.9. The van der Waals surface area contributed by atoms with E-state index in [-0.39, 0.29) is 6.10 Å². The molecule has 1 aromatic rings. The van der Waals surface area contributed by atoms with Crippen LogP contribution in [0.3, 0.4) is 0 Å². The Morgan fingerprint density at radius 2 is 2.11 bits per heavy atom. The molecule has 0 spiro atoms. The molecule has 1 aliphatic carbocycles. The van der Waals surface area contributed by atoms with Gasteiger partial charge >= 0.3 is 0 Å². The molecule has 0 aliphatic heterocycles. The van der Waals surface area contributed by atoms with Crippen LogP contribution in [0.5, 0.6) is 5.88 Å². The van der Waals surface area contributed by atoms with Crippen molar-refractivity contribution in [2.24, 2.45) is 0 Å². The van der Waals surface area contributed by atoms with Crippen LogP contribution >= 0.6 is 0 Å². The standard InChI is InChI=1S/C14H24N4O/c1-2-3-9-16-13-12(15)14(18-10-17-13)19-11-7-5-4-6-8-11/h10-11H,2-9,15H2,1H3,(H,16,17,18). The molecule has 2 rings (SSSR count). The van der Waals surface area contributed by atoms with Crippen LogP contribution in [0.4, 0.5) is 11.5 Å². The van der Waals surface area contributed by atoms with E-state index in [1.807, 2.05) is 0 Å². The monoisotopic (exact) mass is 264 g/mol. The van der Waals surface area contributed by atoms with Crippen LogP contribution in [0.2, 0.25) is 0 Å². The first-order valence-electron chi connectivity index (χ1n) is 7.32. The van der Waals surface area contributed by atoms with E-state index < -0.39 is 0 Å². The summed E-state index contributed by atoms with van der Waals surface area (Å²) >= 11 is 0. The fraction of sp³-hybridized carbons (Fsp3) is 0.714. The van der Waals surface area contributed by atoms with Crippen molar-refractivity contribution in [3.63, 3.8) is 0 Å². The minimum absolute atomic E-state index is 0.259. The fourth-order valence-corrected chi connectivity index (χ4v) is 2.34. The van der Waals surface area contributed by atoms with E-state index >= 15 is 0 Å². The zero-order valence-corrected chi connectivity index (χ0v) is 11.7. The van der Waals surface area contributed by atoms with Crippen molar-refractivity contribution in [3.8, 4) is 5.88 Å². The maximum atomic E-state index is 6.07. The highest BCUT2D eigenvalue weighted by Gasteiger charge is 2.18. The summed E-state index contributed by atoms with van der Waals surface area (Å²) in [5, 5.41) is 3.24. The number of nitrogens with zero attached hydrogens (tertiary/aromatic N) is 2. The zero-order chi connectivity index (χ0) is 13.5. The molecule has 0 unspecified atom stereocenters. The van der Waals surface area contributed by atoms with Crippen LogP contribution in [-0.4, -0.2) is 22.6 Å². The maximum absolute atomic E-state index is 6.07. The Morgan fingerprint density at radius 1 is 1.32 bits per heavy atom. The Labute approximate surface area is 115 Å². The van der Waals surface area contributed by atoms with Gasteiger partial charge in [0.2, 0.25) is 5.88 Å². The fourth-order valence-electron chi connectivity index (χ4n) is 2.34. The molecular formula is C14H24N4O. The molecule has 5 nitrogen and oxygen atoms in total. The molecule has 19 heavy (non-hydrogen) atoms. The molecule has 0 saturated heterocycles. The molecule has 0 bridgehead atoms. The maximum Gasteiger partial charge on any atom is 0.242 e. The van der Waals surface area contributed by atoms with Crippen molar-refractivity contribution in [2.45, 2.75) is 58.0 Å². The molecule has 1 fully saturated rings. The van der Waals surface area contributed by atoms with E-state index in [1.54, 1.807) is 0 Å². The minimum atomic E-state index is 0.259. The summed E-state index contributed by atoms with van der Waals surface area (Å²) in [5.74, 6) is 1.22. The largest absolute Gasteiger partial charge is 0.473 e. The summed E-state index contributed by atoms with van der Waals surface area (Å²) in [6, 6.07) is 0. The summed E-state index contributed by atoms with van der Waals surface area (Å²) in [7, 11) is 0. The number of aromatic nitrogens is 2. The number of anilines is 2. The van der Waals surface area contributed by atoms with Gasteiger partial charge in [0.15, 0.2) is 5.82 Å². The third kappa shape index (κ3) is 3.98. The highest BCUT2D eigenvalue weighted by atomic mass is 16.5. The van der Waals surface area contributed by atoms with E-state index in [9.17, 15) is 0 Å². The van der Waals surface area contributed by atoms with Gasteiger partial charge in [-0.3, -0.25) is 0 Å². The van der Waals surface area contributed by atoms with E-state index in [1.165, 1.54) is 25.6 Å². The second-order valence-corrected chi connectivity index (χ2v) is 5.10. The minimum Gasteiger partial charge on any atom is -0.473 e. The lowest BCUT2D eigenvalue weighted by molar-refractivity contribution is 0.149. The van der Waals surface area contributed by atoms with Gasteiger partial charge in [-0.15, -0.1) is 0 Å². The van der Waals surface area contributed by atoms with Crippen molar-refractivity contribution in [3.05, 3.63) is 6.33 Å². The number of hydrogen-bond donors (Lipinski definition) is 2. The molecule has 0 radical (unpaired) electrons. The van der Waals surface area contributed by atoms with Crippen LogP contribution < -0.4 is 15.8 Å². The summed E-state index contributed by atoms with van der Waals surface area (Å²) in [5.41, 5.74) is 6.60.